The van der Waals surface area contributed by atoms with Crippen LogP contribution >= 0.6 is 15.9 Å². The van der Waals surface area contributed by atoms with E-state index in [0.29, 0.717) is 6.04 Å². The van der Waals surface area contributed by atoms with Crippen LogP contribution in [0.15, 0.2) is 34.8 Å². The van der Waals surface area contributed by atoms with Crippen molar-refractivity contribution >= 4 is 15.9 Å². The Labute approximate surface area is 135 Å². The standard InChI is InChI=1S/C17H24BrN3/c1-4-9-19-15(11-14-7-5-6-8-17(14)18)12-16-10-13(2)20-21(16)3/h5-8,10,15,19H,4,9,11-12H2,1-3H3. The van der Waals surface area contributed by atoms with Crippen molar-refractivity contribution in [3.63, 3.8) is 0 Å². The predicted octanol–water partition coefficient (Wildman–Crippen LogP) is 3.64. The minimum absolute atomic E-state index is 0.429. The van der Waals surface area contributed by atoms with E-state index in [-0.39, 0.29) is 0 Å². The van der Waals surface area contributed by atoms with Gasteiger partial charge in [-0.2, -0.15) is 5.10 Å². The number of aromatic nitrogens is 2. The van der Waals surface area contributed by atoms with Gasteiger partial charge >= 0.3 is 0 Å². The van der Waals surface area contributed by atoms with Crippen molar-refractivity contribution in [1.82, 2.24) is 15.1 Å². The van der Waals surface area contributed by atoms with E-state index in [0.717, 1.165) is 31.5 Å². The summed E-state index contributed by atoms with van der Waals surface area (Å²) in [4.78, 5) is 0. The Morgan fingerprint density at radius 2 is 2.05 bits per heavy atom. The summed E-state index contributed by atoms with van der Waals surface area (Å²) in [5.41, 5.74) is 3.72. The zero-order valence-corrected chi connectivity index (χ0v) is 14.7. The lowest BCUT2D eigenvalue weighted by atomic mass is 10.0. The van der Waals surface area contributed by atoms with E-state index < -0.39 is 0 Å². The molecule has 0 bridgehead atoms. The molecule has 21 heavy (non-hydrogen) atoms. The first-order valence-corrected chi connectivity index (χ1v) is 8.35. The number of hydrogen-bond acceptors (Lipinski definition) is 2. The van der Waals surface area contributed by atoms with Crippen molar-refractivity contribution in [3.8, 4) is 0 Å². The summed E-state index contributed by atoms with van der Waals surface area (Å²) in [5, 5.41) is 8.12. The lowest BCUT2D eigenvalue weighted by Gasteiger charge is -2.19. The van der Waals surface area contributed by atoms with Gasteiger partial charge < -0.3 is 5.32 Å². The van der Waals surface area contributed by atoms with E-state index in [4.69, 9.17) is 0 Å². The van der Waals surface area contributed by atoms with Crippen LogP contribution in [0.5, 0.6) is 0 Å². The van der Waals surface area contributed by atoms with Gasteiger partial charge in [-0.1, -0.05) is 41.1 Å². The Balaban J connectivity index is 2.11. The molecule has 3 nitrogen and oxygen atoms in total. The van der Waals surface area contributed by atoms with E-state index in [2.05, 4.69) is 63.6 Å². The normalized spacial score (nSPS) is 12.6. The van der Waals surface area contributed by atoms with E-state index >= 15 is 0 Å². The first kappa shape index (κ1) is 16.2. The van der Waals surface area contributed by atoms with Gasteiger partial charge in [0.1, 0.15) is 0 Å². The first-order valence-electron chi connectivity index (χ1n) is 7.56. The highest BCUT2D eigenvalue weighted by Crippen LogP contribution is 2.19. The summed E-state index contributed by atoms with van der Waals surface area (Å²) in [6, 6.07) is 11.1. The van der Waals surface area contributed by atoms with Crippen LogP contribution in [0.25, 0.3) is 0 Å². The van der Waals surface area contributed by atoms with Crippen molar-refractivity contribution < 1.29 is 0 Å². The molecule has 1 heterocycles. The summed E-state index contributed by atoms with van der Waals surface area (Å²) < 4.78 is 3.19. The SMILES string of the molecule is CCCNC(Cc1ccccc1Br)Cc1cc(C)nn1C. The van der Waals surface area contributed by atoms with Gasteiger partial charge in [0.05, 0.1) is 5.69 Å². The van der Waals surface area contributed by atoms with Gasteiger partial charge in [0.2, 0.25) is 0 Å². The molecule has 1 unspecified atom stereocenters. The molecule has 0 aliphatic rings. The second-order valence-corrected chi connectivity index (χ2v) is 6.41. The number of halogens is 1. The fourth-order valence-electron chi connectivity index (χ4n) is 2.60. The molecule has 2 aromatic rings. The molecule has 0 fully saturated rings. The Kier molecular flexibility index (Phi) is 6.00. The van der Waals surface area contributed by atoms with E-state index in [1.165, 1.54) is 15.7 Å². The fourth-order valence-corrected chi connectivity index (χ4v) is 3.05. The minimum atomic E-state index is 0.429. The number of hydrogen-bond donors (Lipinski definition) is 1. The third-order valence-electron chi connectivity index (χ3n) is 3.66. The van der Waals surface area contributed by atoms with Crippen LogP contribution in [0.3, 0.4) is 0 Å². The summed E-state index contributed by atoms with van der Waals surface area (Å²) in [6.07, 6.45) is 3.17. The van der Waals surface area contributed by atoms with Crippen LogP contribution in [-0.2, 0) is 19.9 Å². The van der Waals surface area contributed by atoms with Gasteiger partial charge in [-0.25, -0.2) is 0 Å². The summed E-state index contributed by atoms with van der Waals surface area (Å²) >= 11 is 3.65. The molecule has 0 aliphatic carbocycles. The average molecular weight is 350 g/mol. The monoisotopic (exact) mass is 349 g/mol. The summed E-state index contributed by atoms with van der Waals surface area (Å²) in [6.45, 7) is 5.30. The fraction of sp³-hybridized carbons (Fsp3) is 0.471. The van der Waals surface area contributed by atoms with Gasteiger partial charge in [0, 0.05) is 29.7 Å². The van der Waals surface area contributed by atoms with Crippen molar-refractivity contribution in [1.29, 1.82) is 0 Å². The average Bonchev–Trinajstić information content (AvgIpc) is 2.76. The molecule has 0 aliphatic heterocycles. The molecule has 1 N–H and O–H groups in total. The molecule has 0 saturated carbocycles. The Morgan fingerprint density at radius 3 is 2.67 bits per heavy atom. The van der Waals surface area contributed by atoms with Crippen LogP contribution in [0.4, 0.5) is 0 Å². The van der Waals surface area contributed by atoms with Gasteiger partial charge in [-0.05, 0) is 44.0 Å². The molecule has 0 spiro atoms. The summed E-state index contributed by atoms with van der Waals surface area (Å²) in [7, 11) is 2.03. The molecule has 0 saturated heterocycles. The molecule has 1 aromatic carbocycles. The Hall–Kier alpha value is -1.13. The van der Waals surface area contributed by atoms with Gasteiger partial charge in [-0.15, -0.1) is 0 Å². The summed E-state index contributed by atoms with van der Waals surface area (Å²) in [5.74, 6) is 0. The maximum absolute atomic E-state index is 4.45. The maximum Gasteiger partial charge on any atom is 0.0596 e. The van der Waals surface area contributed by atoms with Crippen LogP contribution in [0.1, 0.15) is 30.3 Å². The van der Waals surface area contributed by atoms with Crippen LogP contribution in [-0.4, -0.2) is 22.4 Å². The number of nitrogens with zero attached hydrogens (tertiary/aromatic N) is 2. The number of rotatable bonds is 7. The largest absolute Gasteiger partial charge is 0.313 e. The first-order chi connectivity index (χ1) is 10.1. The highest BCUT2D eigenvalue weighted by molar-refractivity contribution is 9.10. The Morgan fingerprint density at radius 1 is 1.29 bits per heavy atom. The van der Waals surface area contributed by atoms with Crippen molar-refractivity contribution in [2.75, 3.05) is 6.54 Å². The van der Waals surface area contributed by atoms with Gasteiger partial charge in [-0.3, -0.25) is 4.68 Å². The molecule has 1 atom stereocenters. The predicted molar refractivity (Wildman–Crippen MR) is 91.6 cm³/mol. The van der Waals surface area contributed by atoms with E-state index in [1.807, 2.05) is 18.7 Å². The zero-order valence-electron chi connectivity index (χ0n) is 13.1. The molecule has 0 radical (unpaired) electrons. The van der Waals surface area contributed by atoms with Gasteiger partial charge in [0.25, 0.3) is 0 Å². The van der Waals surface area contributed by atoms with Gasteiger partial charge in [0.15, 0.2) is 0 Å². The molecular formula is C17H24BrN3. The van der Waals surface area contributed by atoms with Crippen LogP contribution in [0, 0.1) is 6.92 Å². The number of aryl methyl sites for hydroxylation is 2. The molecule has 2 rings (SSSR count). The Bertz CT molecular complexity index is 577. The van der Waals surface area contributed by atoms with Crippen LogP contribution < -0.4 is 5.32 Å². The molecule has 1 aromatic heterocycles. The highest BCUT2D eigenvalue weighted by Gasteiger charge is 2.14. The molecule has 0 amide bonds. The topological polar surface area (TPSA) is 29.9 Å². The van der Waals surface area contributed by atoms with E-state index in [9.17, 15) is 0 Å². The maximum atomic E-state index is 4.45. The smallest absolute Gasteiger partial charge is 0.0596 e. The minimum Gasteiger partial charge on any atom is -0.313 e. The quantitative estimate of drug-likeness (QED) is 0.826. The third-order valence-corrected chi connectivity index (χ3v) is 4.44. The number of benzene rings is 1. The van der Waals surface area contributed by atoms with Crippen molar-refractivity contribution in [2.24, 2.45) is 7.05 Å². The van der Waals surface area contributed by atoms with Crippen molar-refractivity contribution in [3.05, 3.63) is 51.8 Å². The molecule has 114 valence electrons. The number of nitrogens with one attached hydrogen (secondary N) is 1. The molecular weight excluding hydrogens is 326 g/mol. The lowest BCUT2D eigenvalue weighted by Crippen LogP contribution is -2.34. The van der Waals surface area contributed by atoms with Crippen LogP contribution in [0.2, 0.25) is 0 Å². The zero-order chi connectivity index (χ0) is 15.2. The van der Waals surface area contributed by atoms with Crippen molar-refractivity contribution in [2.45, 2.75) is 39.2 Å². The lowest BCUT2D eigenvalue weighted by molar-refractivity contribution is 0.490. The molecule has 4 heteroatoms. The third kappa shape index (κ3) is 4.68. The van der Waals surface area contributed by atoms with E-state index in [1.54, 1.807) is 0 Å². The second-order valence-electron chi connectivity index (χ2n) is 5.55. The highest BCUT2D eigenvalue weighted by atomic mass is 79.9. The second kappa shape index (κ2) is 7.76.